The third kappa shape index (κ3) is 4.92. The fourth-order valence-electron chi connectivity index (χ4n) is 2.21. The van der Waals surface area contributed by atoms with Crippen molar-refractivity contribution >= 4 is 5.97 Å². The molecular formula is C17H17F2NO4. The molecule has 0 aliphatic rings. The van der Waals surface area contributed by atoms with E-state index < -0.39 is 23.9 Å². The molecule has 0 heterocycles. The Balaban J connectivity index is 2.07. The van der Waals surface area contributed by atoms with Crippen LogP contribution in [0.25, 0.3) is 0 Å². The summed E-state index contributed by atoms with van der Waals surface area (Å²) in [6.45, 7) is -3.09. The molecule has 5 nitrogen and oxygen atoms in total. The summed E-state index contributed by atoms with van der Waals surface area (Å²) in [5.74, 6) is -1.94. The van der Waals surface area contributed by atoms with Gasteiger partial charge in [0.2, 0.25) is 0 Å². The number of rotatable bonds is 8. The van der Waals surface area contributed by atoms with E-state index in [4.69, 9.17) is 10.5 Å². The first-order chi connectivity index (χ1) is 11.5. The van der Waals surface area contributed by atoms with Gasteiger partial charge in [-0.25, -0.2) is 4.79 Å². The molecule has 0 saturated carbocycles. The highest BCUT2D eigenvalue weighted by Gasteiger charge is 2.21. The molecule has 1 atom stereocenters. The molecule has 2 rings (SSSR count). The minimum Gasteiger partial charge on any atom is -0.491 e. The van der Waals surface area contributed by atoms with Gasteiger partial charge in [-0.3, -0.25) is 0 Å². The first-order valence-electron chi connectivity index (χ1n) is 7.20. The van der Waals surface area contributed by atoms with Crippen molar-refractivity contribution in [3.05, 3.63) is 59.7 Å². The smallest absolute Gasteiger partial charge is 0.387 e. The largest absolute Gasteiger partial charge is 0.491 e. The monoisotopic (exact) mass is 337 g/mol. The minimum atomic E-state index is -3.13. The van der Waals surface area contributed by atoms with Crippen LogP contribution in [0.3, 0.4) is 0 Å². The van der Waals surface area contributed by atoms with Crippen molar-refractivity contribution in [2.45, 2.75) is 19.1 Å². The SMILES string of the molecule is NC(COc1cccc(OC(F)F)c1C(=O)O)Cc1ccccc1. The number of hydrogen-bond donors (Lipinski definition) is 2. The molecule has 24 heavy (non-hydrogen) atoms. The second-order valence-electron chi connectivity index (χ2n) is 5.07. The second kappa shape index (κ2) is 8.26. The Bertz CT molecular complexity index is 680. The topological polar surface area (TPSA) is 81.8 Å². The van der Waals surface area contributed by atoms with Crippen molar-refractivity contribution in [2.24, 2.45) is 5.73 Å². The molecule has 0 radical (unpaired) electrons. The van der Waals surface area contributed by atoms with Crippen LogP contribution in [-0.4, -0.2) is 30.3 Å². The lowest BCUT2D eigenvalue weighted by Gasteiger charge is -2.16. The van der Waals surface area contributed by atoms with Crippen LogP contribution in [0.1, 0.15) is 15.9 Å². The molecule has 3 N–H and O–H groups in total. The van der Waals surface area contributed by atoms with Crippen LogP contribution in [0, 0.1) is 0 Å². The van der Waals surface area contributed by atoms with Crippen LogP contribution in [0.15, 0.2) is 48.5 Å². The number of carbonyl (C=O) groups is 1. The third-order valence-corrected chi connectivity index (χ3v) is 3.21. The maximum absolute atomic E-state index is 12.4. The fourth-order valence-corrected chi connectivity index (χ4v) is 2.21. The lowest BCUT2D eigenvalue weighted by Crippen LogP contribution is -2.30. The molecule has 0 saturated heterocycles. The van der Waals surface area contributed by atoms with E-state index in [1.54, 1.807) is 0 Å². The van der Waals surface area contributed by atoms with Crippen LogP contribution < -0.4 is 15.2 Å². The Hall–Kier alpha value is -2.67. The van der Waals surface area contributed by atoms with E-state index in [1.165, 1.54) is 12.1 Å². The van der Waals surface area contributed by atoms with Crippen LogP contribution in [0.4, 0.5) is 8.78 Å². The van der Waals surface area contributed by atoms with Gasteiger partial charge in [0, 0.05) is 6.04 Å². The molecule has 7 heteroatoms. The van der Waals surface area contributed by atoms with Crippen LogP contribution in [-0.2, 0) is 6.42 Å². The highest BCUT2D eigenvalue weighted by atomic mass is 19.3. The van der Waals surface area contributed by atoms with Gasteiger partial charge in [0.05, 0.1) is 0 Å². The number of carboxylic acid groups (broad SMARTS) is 1. The van der Waals surface area contributed by atoms with Gasteiger partial charge < -0.3 is 20.3 Å². The average molecular weight is 337 g/mol. The summed E-state index contributed by atoms with van der Waals surface area (Å²) < 4.78 is 34.4. The number of benzene rings is 2. The Morgan fingerprint density at radius 1 is 1.08 bits per heavy atom. The molecule has 0 aromatic heterocycles. The van der Waals surface area contributed by atoms with Gasteiger partial charge in [-0.15, -0.1) is 0 Å². The zero-order valence-corrected chi connectivity index (χ0v) is 12.7. The highest BCUT2D eigenvalue weighted by Crippen LogP contribution is 2.29. The van der Waals surface area contributed by atoms with E-state index in [-0.39, 0.29) is 18.4 Å². The van der Waals surface area contributed by atoms with Gasteiger partial charge in [-0.05, 0) is 24.1 Å². The fraction of sp³-hybridized carbons (Fsp3) is 0.235. The van der Waals surface area contributed by atoms with Gasteiger partial charge in [-0.1, -0.05) is 36.4 Å². The zero-order valence-electron chi connectivity index (χ0n) is 12.7. The Labute approximate surface area is 137 Å². The zero-order chi connectivity index (χ0) is 17.5. The Morgan fingerprint density at radius 2 is 1.75 bits per heavy atom. The number of nitrogens with two attached hydrogens (primary N) is 1. The number of hydrogen-bond acceptors (Lipinski definition) is 4. The number of halogens is 2. The molecule has 0 aliphatic carbocycles. The number of alkyl halides is 2. The van der Waals surface area contributed by atoms with Gasteiger partial charge in [0.1, 0.15) is 23.7 Å². The summed E-state index contributed by atoms with van der Waals surface area (Å²) >= 11 is 0. The first kappa shape index (κ1) is 17.7. The third-order valence-electron chi connectivity index (χ3n) is 3.21. The van der Waals surface area contributed by atoms with Gasteiger partial charge >= 0.3 is 12.6 Å². The molecule has 0 aliphatic heterocycles. The molecule has 2 aromatic carbocycles. The van der Waals surface area contributed by atoms with Crippen molar-refractivity contribution in [2.75, 3.05) is 6.61 Å². The molecule has 128 valence electrons. The first-order valence-corrected chi connectivity index (χ1v) is 7.20. The maximum atomic E-state index is 12.4. The summed E-state index contributed by atoms with van der Waals surface area (Å²) in [6.07, 6.45) is 0.538. The lowest BCUT2D eigenvalue weighted by atomic mass is 10.1. The van der Waals surface area contributed by atoms with E-state index in [9.17, 15) is 18.7 Å². The summed E-state index contributed by atoms with van der Waals surface area (Å²) in [4.78, 5) is 11.3. The van der Waals surface area contributed by atoms with Crippen molar-refractivity contribution in [1.82, 2.24) is 0 Å². The van der Waals surface area contributed by atoms with Crippen molar-refractivity contribution in [1.29, 1.82) is 0 Å². The average Bonchev–Trinajstić information content (AvgIpc) is 2.53. The Morgan fingerprint density at radius 3 is 2.38 bits per heavy atom. The summed E-state index contributed by atoms with van der Waals surface area (Å²) in [7, 11) is 0. The van der Waals surface area contributed by atoms with Crippen molar-refractivity contribution < 1.29 is 28.2 Å². The van der Waals surface area contributed by atoms with Gasteiger partial charge in [-0.2, -0.15) is 8.78 Å². The standard InChI is InChI=1S/C17H17F2NO4/c18-17(19)24-14-8-4-7-13(15(14)16(21)22)23-10-12(20)9-11-5-2-1-3-6-11/h1-8,12,17H,9-10,20H2,(H,21,22). The molecule has 0 amide bonds. The van der Waals surface area contributed by atoms with E-state index in [1.807, 2.05) is 30.3 Å². The van der Waals surface area contributed by atoms with E-state index in [0.29, 0.717) is 6.42 Å². The quantitative estimate of drug-likeness (QED) is 0.774. The van der Waals surface area contributed by atoms with Crippen molar-refractivity contribution in [3.8, 4) is 11.5 Å². The summed E-state index contributed by atoms with van der Waals surface area (Å²) in [5.41, 5.74) is 6.54. The molecule has 2 aromatic rings. The normalized spacial score (nSPS) is 12.0. The van der Waals surface area contributed by atoms with Gasteiger partial charge in [0.25, 0.3) is 0 Å². The minimum absolute atomic E-state index is 0.0350. The molecular weight excluding hydrogens is 320 g/mol. The highest BCUT2D eigenvalue weighted by molar-refractivity contribution is 5.94. The van der Waals surface area contributed by atoms with Crippen LogP contribution in [0.5, 0.6) is 11.5 Å². The number of ether oxygens (including phenoxy) is 2. The van der Waals surface area contributed by atoms with Gasteiger partial charge in [0.15, 0.2) is 0 Å². The Kier molecular flexibility index (Phi) is 6.08. The second-order valence-corrected chi connectivity index (χ2v) is 5.07. The summed E-state index contributed by atoms with van der Waals surface area (Å²) in [5, 5.41) is 9.22. The number of carboxylic acids is 1. The maximum Gasteiger partial charge on any atom is 0.387 e. The molecule has 0 spiro atoms. The predicted molar refractivity (Wildman–Crippen MR) is 83.6 cm³/mol. The van der Waals surface area contributed by atoms with E-state index in [0.717, 1.165) is 11.6 Å². The van der Waals surface area contributed by atoms with E-state index >= 15 is 0 Å². The number of aromatic carboxylic acids is 1. The van der Waals surface area contributed by atoms with E-state index in [2.05, 4.69) is 4.74 Å². The van der Waals surface area contributed by atoms with Crippen LogP contribution in [0.2, 0.25) is 0 Å². The molecule has 1 unspecified atom stereocenters. The summed E-state index contributed by atoms with van der Waals surface area (Å²) in [6, 6.07) is 13.0. The predicted octanol–water partition coefficient (Wildman–Crippen LogP) is 2.94. The van der Waals surface area contributed by atoms with Crippen LogP contribution >= 0.6 is 0 Å². The van der Waals surface area contributed by atoms with Crippen molar-refractivity contribution in [3.63, 3.8) is 0 Å². The molecule has 0 bridgehead atoms. The lowest BCUT2D eigenvalue weighted by molar-refractivity contribution is -0.0504. The molecule has 0 fully saturated rings.